The molecule has 5 nitrogen and oxygen atoms in total. The Labute approximate surface area is 156 Å². The summed E-state index contributed by atoms with van der Waals surface area (Å²) in [6.45, 7) is 1.47. The third-order valence-electron chi connectivity index (χ3n) is 6.22. The number of imide groups is 1. The molecule has 0 radical (unpaired) electrons. The standard InChI is InChI=1S/C22H17NO4/c1-11(24)12-6-8-13(9-7-12)23-21(26)19-16-10-17(25)18(20(19)22(23)27)15-5-3-2-4-14(15)16/h2-9,16,18-20H,10H2,1H3/t16-,18-,19-,20-/m0/s1. The lowest BCUT2D eigenvalue weighted by Gasteiger charge is -2.43. The number of amides is 2. The van der Waals surface area contributed by atoms with Gasteiger partial charge in [0.25, 0.3) is 0 Å². The molecule has 0 unspecified atom stereocenters. The second-order valence-electron chi connectivity index (χ2n) is 7.55. The number of hydrogen-bond acceptors (Lipinski definition) is 4. The van der Waals surface area contributed by atoms with E-state index in [-0.39, 0.29) is 29.3 Å². The first-order chi connectivity index (χ1) is 13.0. The molecule has 2 fully saturated rings. The summed E-state index contributed by atoms with van der Waals surface area (Å²) in [6.07, 6.45) is 0.318. The van der Waals surface area contributed by atoms with Gasteiger partial charge in [0.05, 0.1) is 23.4 Å². The fourth-order valence-corrected chi connectivity index (χ4v) is 5.06. The van der Waals surface area contributed by atoms with Crippen LogP contribution in [0.2, 0.25) is 0 Å². The molecule has 4 aliphatic rings. The molecular formula is C22H17NO4. The molecule has 1 saturated heterocycles. The maximum absolute atomic E-state index is 13.2. The Bertz CT molecular complexity index is 1020. The minimum absolute atomic E-state index is 0.0508. The van der Waals surface area contributed by atoms with Crippen LogP contribution in [0.1, 0.15) is 46.7 Å². The number of Topliss-reactive ketones (excluding diaryl/α,β-unsaturated/α-hetero) is 2. The van der Waals surface area contributed by atoms with Crippen LogP contribution in [0.3, 0.4) is 0 Å². The second-order valence-corrected chi connectivity index (χ2v) is 7.55. The summed E-state index contributed by atoms with van der Waals surface area (Å²) in [5.74, 6) is -2.44. The van der Waals surface area contributed by atoms with Gasteiger partial charge in [0, 0.05) is 17.9 Å². The van der Waals surface area contributed by atoms with E-state index in [1.165, 1.54) is 11.8 Å². The smallest absolute Gasteiger partial charge is 0.238 e. The predicted octanol–water partition coefficient (Wildman–Crippen LogP) is 2.85. The Morgan fingerprint density at radius 3 is 2.19 bits per heavy atom. The zero-order chi connectivity index (χ0) is 18.9. The van der Waals surface area contributed by atoms with Crippen LogP contribution in [0.5, 0.6) is 0 Å². The number of benzene rings is 2. The fraction of sp³-hybridized carbons (Fsp3) is 0.273. The van der Waals surface area contributed by atoms with Crippen LogP contribution in [-0.4, -0.2) is 23.4 Å². The zero-order valence-corrected chi connectivity index (χ0v) is 14.7. The van der Waals surface area contributed by atoms with Crippen LogP contribution in [0, 0.1) is 11.8 Å². The van der Waals surface area contributed by atoms with Crippen molar-refractivity contribution in [3.63, 3.8) is 0 Å². The van der Waals surface area contributed by atoms with Crippen LogP contribution in [0.25, 0.3) is 0 Å². The van der Waals surface area contributed by atoms with Gasteiger partial charge in [0.2, 0.25) is 11.8 Å². The van der Waals surface area contributed by atoms with Gasteiger partial charge in [-0.3, -0.25) is 24.1 Å². The average Bonchev–Trinajstić information content (AvgIpc) is 2.94. The van der Waals surface area contributed by atoms with Crippen LogP contribution >= 0.6 is 0 Å². The van der Waals surface area contributed by atoms with Crippen molar-refractivity contribution in [2.75, 3.05) is 4.90 Å². The Kier molecular flexibility index (Phi) is 3.26. The fourth-order valence-electron chi connectivity index (χ4n) is 5.06. The molecular weight excluding hydrogens is 342 g/mol. The molecule has 134 valence electrons. The van der Waals surface area contributed by atoms with Crippen molar-refractivity contribution >= 4 is 29.1 Å². The lowest BCUT2D eigenvalue weighted by molar-refractivity contribution is -0.134. The van der Waals surface area contributed by atoms with Gasteiger partial charge < -0.3 is 0 Å². The predicted molar refractivity (Wildman–Crippen MR) is 97.5 cm³/mol. The molecule has 1 saturated carbocycles. The van der Waals surface area contributed by atoms with Crippen LogP contribution in [-0.2, 0) is 14.4 Å². The van der Waals surface area contributed by atoms with Crippen molar-refractivity contribution < 1.29 is 19.2 Å². The number of rotatable bonds is 2. The molecule has 6 rings (SSSR count). The first-order valence-electron chi connectivity index (χ1n) is 9.09. The number of fused-ring (bicyclic) bond motifs is 1. The molecule has 3 aliphatic carbocycles. The van der Waals surface area contributed by atoms with E-state index in [2.05, 4.69) is 0 Å². The van der Waals surface area contributed by atoms with Gasteiger partial charge in [-0.2, -0.15) is 0 Å². The summed E-state index contributed by atoms with van der Waals surface area (Å²) in [5.41, 5.74) is 2.91. The van der Waals surface area contributed by atoms with Crippen molar-refractivity contribution in [2.45, 2.75) is 25.2 Å². The molecule has 0 N–H and O–H groups in total. The van der Waals surface area contributed by atoms with E-state index in [1.807, 2.05) is 24.3 Å². The van der Waals surface area contributed by atoms with E-state index in [0.717, 1.165) is 11.1 Å². The highest BCUT2D eigenvalue weighted by Crippen LogP contribution is 2.57. The first kappa shape index (κ1) is 16.1. The Balaban J connectivity index is 1.59. The largest absolute Gasteiger partial charge is 0.299 e. The number of ketones is 2. The van der Waals surface area contributed by atoms with Crippen molar-refractivity contribution in [2.24, 2.45) is 11.8 Å². The van der Waals surface area contributed by atoms with Gasteiger partial charge in [-0.05, 0) is 42.3 Å². The number of anilines is 1. The summed E-state index contributed by atoms with van der Waals surface area (Å²) in [5, 5.41) is 0. The number of carbonyl (C=O) groups is 4. The van der Waals surface area contributed by atoms with Gasteiger partial charge >= 0.3 is 0 Å². The van der Waals surface area contributed by atoms with E-state index < -0.39 is 17.8 Å². The number of carbonyl (C=O) groups excluding carboxylic acids is 4. The normalized spacial score (nSPS) is 28.3. The maximum Gasteiger partial charge on any atom is 0.238 e. The minimum atomic E-state index is -0.619. The third-order valence-corrected chi connectivity index (χ3v) is 6.22. The van der Waals surface area contributed by atoms with Gasteiger partial charge in [0.15, 0.2) is 5.78 Å². The molecule has 2 amide bonds. The summed E-state index contributed by atoms with van der Waals surface area (Å²) >= 11 is 0. The van der Waals surface area contributed by atoms with Crippen molar-refractivity contribution in [3.8, 4) is 0 Å². The molecule has 1 heterocycles. The highest BCUT2D eigenvalue weighted by Gasteiger charge is 2.62. The number of nitrogens with zero attached hydrogens (tertiary/aromatic N) is 1. The summed E-state index contributed by atoms with van der Waals surface area (Å²) < 4.78 is 0. The summed E-state index contributed by atoms with van der Waals surface area (Å²) in [6, 6.07) is 14.2. The molecule has 2 aromatic carbocycles. The van der Waals surface area contributed by atoms with Crippen LogP contribution in [0.15, 0.2) is 48.5 Å². The zero-order valence-electron chi connectivity index (χ0n) is 14.7. The van der Waals surface area contributed by atoms with Crippen molar-refractivity contribution in [1.29, 1.82) is 0 Å². The van der Waals surface area contributed by atoms with Gasteiger partial charge in [0.1, 0.15) is 5.78 Å². The maximum atomic E-state index is 13.2. The molecule has 2 bridgehead atoms. The Morgan fingerprint density at radius 1 is 0.889 bits per heavy atom. The monoisotopic (exact) mass is 359 g/mol. The topological polar surface area (TPSA) is 71.5 Å². The average molecular weight is 359 g/mol. The van der Waals surface area contributed by atoms with E-state index in [4.69, 9.17) is 0 Å². The van der Waals surface area contributed by atoms with E-state index in [0.29, 0.717) is 17.7 Å². The molecule has 0 aromatic heterocycles. The Hall–Kier alpha value is -3.08. The quantitative estimate of drug-likeness (QED) is 0.611. The third kappa shape index (κ3) is 2.05. The molecule has 5 heteroatoms. The van der Waals surface area contributed by atoms with Crippen LogP contribution < -0.4 is 4.90 Å². The van der Waals surface area contributed by atoms with Gasteiger partial charge in [-0.25, -0.2) is 0 Å². The molecule has 0 spiro atoms. The van der Waals surface area contributed by atoms with Crippen molar-refractivity contribution in [3.05, 3.63) is 65.2 Å². The summed E-state index contributed by atoms with van der Waals surface area (Å²) in [7, 11) is 0. The lowest BCUT2D eigenvalue weighted by atomic mass is 9.56. The molecule has 27 heavy (non-hydrogen) atoms. The van der Waals surface area contributed by atoms with Gasteiger partial charge in [-0.1, -0.05) is 24.3 Å². The Morgan fingerprint density at radius 2 is 1.52 bits per heavy atom. The lowest BCUT2D eigenvalue weighted by Crippen LogP contribution is -2.44. The SMILES string of the molecule is CC(=O)c1ccc(N2C(=O)[C@@H]3[C@@H](C2=O)[C@H]2CC(=O)[C@@H]3c3ccccc32)cc1. The van der Waals surface area contributed by atoms with Gasteiger partial charge in [-0.15, -0.1) is 0 Å². The molecule has 4 atom stereocenters. The molecule has 1 aliphatic heterocycles. The number of hydrogen-bond donors (Lipinski definition) is 0. The highest BCUT2D eigenvalue weighted by molar-refractivity contribution is 6.24. The second kappa shape index (κ2) is 5.46. The van der Waals surface area contributed by atoms with E-state index in [9.17, 15) is 19.2 Å². The van der Waals surface area contributed by atoms with E-state index in [1.54, 1.807) is 24.3 Å². The first-order valence-corrected chi connectivity index (χ1v) is 9.09. The van der Waals surface area contributed by atoms with Crippen LogP contribution in [0.4, 0.5) is 5.69 Å². The summed E-state index contributed by atoms with van der Waals surface area (Å²) in [4.78, 5) is 51.8. The highest BCUT2D eigenvalue weighted by atomic mass is 16.2. The van der Waals surface area contributed by atoms with Crippen molar-refractivity contribution in [1.82, 2.24) is 0 Å². The minimum Gasteiger partial charge on any atom is -0.299 e. The van der Waals surface area contributed by atoms with E-state index >= 15 is 0 Å². The molecule has 2 aromatic rings.